The monoisotopic (exact) mass is 434 g/mol. The van der Waals surface area contributed by atoms with E-state index in [2.05, 4.69) is 35.1 Å². The Labute approximate surface area is 181 Å². The van der Waals surface area contributed by atoms with Crippen molar-refractivity contribution >= 4 is 45.5 Å². The summed E-state index contributed by atoms with van der Waals surface area (Å²) < 4.78 is 0. The highest BCUT2D eigenvalue weighted by molar-refractivity contribution is 7.80. The highest BCUT2D eigenvalue weighted by Gasteiger charge is 2.34. The molecule has 0 bridgehead atoms. The lowest BCUT2D eigenvalue weighted by molar-refractivity contribution is -0.117. The number of anilines is 1. The Morgan fingerprint density at radius 2 is 1.93 bits per heavy atom. The normalized spacial score (nSPS) is 20.7. The van der Waals surface area contributed by atoms with Crippen molar-refractivity contribution in [1.29, 1.82) is 0 Å². The van der Waals surface area contributed by atoms with Gasteiger partial charge in [0, 0.05) is 29.4 Å². The van der Waals surface area contributed by atoms with Gasteiger partial charge in [0.15, 0.2) is 5.11 Å². The van der Waals surface area contributed by atoms with Gasteiger partial charge in [0.2, 0.25) is 5.91 Å². The van der Waals surface area contributed by atoms with Gasteiger partial charge in [-0.2, -0.15) is 0 Å². The first-order valence-corrected chi connectivity index (χ1v) is 11.9. The zero-order chi connectivity index (χ0) is 20.5. The number of carbonyl (C=O) groups excluding carboxylic acids is 2. The topological polar surface area (TPSA) is 82.3 Å². The molecular formula is C21H30N4O2S2. The highest BCUT2D eigenvalue weighted by Crippen LogP contribution is 2.40. The molecule has 2 saturated carbocycles. The molecule has 0 radical (unpaired) electrons. The summed E-state index contributed by atoms with van der Waals surface area (Å²) in [6, 6.07) is 0.473. The minimum absolute atomic E-state index is 0.0518. The van der Waals surface area contributed by atoms with Crippen molar-refractivity contribution in [2.24, 2.45) is 11.8 Å². The summed E-state index contributed by atoms with van der Waals surface area (Å²) in [6.07, 6.45) is 6.89. The van der Waals surface area contributed by atoms with Crippen molar-refractivity contribution in [1.82, 2.24) is 16.0 Å². The van der Waals surface area contributed by atoms with Crippen LogP contribution in [0.15, 0.2) is 0 Å². The standard InChI is InChI=1S/C21H30N4O2S2/c1-11(2)23-21(28)24-14-7-8-16-15(9-14)17(19(27)22-10-12-3-4-12)20(29-16)25-18(26)13-5-6-13/h11-14H,3-10H2,1-2H3,(H,22,27)(H,25,26)(H2,23,24,28). The molecule has 1 aromatic rings. The molecule has 0 saturated heterocycles. The Balaban J connectivity index is 1.52. The van der Waals surface area contributed by atoms with Gasteiger partial charge >= 0.3 is 0 Å². The van der Waals surface area contributed by atoms with E-state index < -0.39 is 0 Å². The molecule has 3 aliphatic rings. The first-order chi connectivity index (χ1) is 13.9. The smallest absolute Gasteiger partial charge is 0.254 e. The van der Waals surface area contributed by atoms with E-state index in [1.54, 1.807) is 11.3 Å². The summed E-state index contributed by atoms with van der Waals surface area (Å²) in [5.74, 6) is 0.734. The van der Waals surface area contributed by atoms with E-state index in [1.807, 2.05) is 0 Å². The summed E-state index contributed by atoms with van der Waals surface area (Å²) in [7, 11) is 0. The van der Waals surface area contributed by atoms with Crippen LogP contribution in [0.2, 0.25) is 0 Å². The third-order valence-corrected chi connectivity index (χ3v) is 7.12. The number of nitrogens with one attached hydrogen (secondary N) is 4. The van der Waals surface area contributed by atoms with E-state index in [0.29, 0.717) is 16.6 Å². The van der Waals surface area contributed by atoms with Crippen LogP contribution in [-0.4, -0.2) is 35.6 Å². The van der Waals surface area contributed by atoms with Crippen molar-refractivity contribution in [3.8, 4) is 0 Å². The van der Waals surface area contributed by atoms with Gasteiger partial charge in [-0.15, -0.1) is 11.3 Å². The highest BCUT2D eigenvalue weighted by atomic mass is 32.1. The van der Waals surface area contributed by atoms with Gasteiger partial charge in [0.1, 0.15) is 5.00 Å². The molecule has 0 spiro atoms. The molecule has 0 aromatic carbocycles. The number of hydrogen-bond donors (Lipinski definition) is 4. The van der Waals surface area contributed by atoms with Crippen LogP contribution in [0.3, 0.4) is 0 Å². The Morgan fingerprint density at radius 1 is 1.17 bits per heavy atom. The maximum atomic E-state index is 13.1. The SMILES string of the molecule is CC(C)NC(=S)NC1CCc2sc(NC(=O)C3CC3)c(C(=O)NCC3CC3)c2C1. The molecule has 2 amide bonds. The first kappa shape index (κ1) is 20.6. The molecule has 4 rings (SSSR count). The maximum Gasteiger partial charge on any atom is 0.254 e. The summed E-state index contributed by atoms with van der Waals surface area (Å²) in [5.41, 5.74) is 1.75. The number of rotatable bonds is 7. The molecule has 158 valence electrons. The van der Waals surface area contributed by atoms with Gasteiger partial charge in [-0.1, -0.05) is 0 Å². The van der Waals surface area contributed by atoms with Gasteiger partial charge in [-0.05, 0) is 82.5 Å². The van der Waals surface area contributed by atoms with Gasteiger partial charge in [0.05, 0.1) is 5.56 Å². The Kier molecular flexibility index (Phi) is 6.11. The van der Waals surface area contributed by atoms with Crippen LogP contribution in [-0.2, 0) is 17.6 Å². The van der Waals surface area contributed by atoms with Crippen LogP contribution in [0.4, 0.5) is 5.00 Å². The first-order valence-electron chi connectivity index (χ1n) is 10.7. The summed E-state index contributed by atoms with van der Waals surface area (Å²) >= 11 is 6.99. The van der Waals surface area contributed by atoms with Crippen LogP contribution in [0.5, 0.6) is 0 Å². The number of thiocarbonyl (C=S) groups is 1. The largest absolute Gasteiger partial charge is 0.361 e. The second-order valence-electron chi connectivity index (χ2n) is 8.84. The van der Waals surface area contributed by atoms with Crippen molar-refractivity contribution in [3.63, 3.8) is 0 Å². The number of hydrogen-bond acceptors (Lipinski definition) is 4. The number of aryl methyl sites for hydroxylation is 1. The number of carbonyl (C=O) groups is 2. The third-order valence-electron chi connectivity index (χ3n) is 5.68. The van der Waals surface area contributed by atoms with E-state index in [-0.39, 0.29) is 29.8 Å². The van der Waals surface area contributed by atoms with Crippen LogP contribution in [0.1, 0.15) is 66.8 Å². The molecule has 2 fully saturated rings. The lowest BCUT2D eigenvalue weighted by Crippen LogP contribution is -2.46. The summed E-state index contributed by atoms with van der Waals surface area (Å²) in [4.78, 5) is 26.7. The van der Waals surface area contributed by atoms with Crippen LogP contribution >= 0.6 is 23.6 Å². The molecule has 4 N–H and O–H groups in total. The van der Waals surface area contributed by atoms with E-state index in [1.165, 1.54) is 17.7 Å². The molecule has 1 unspecified atom stereocenters. The second kappa shape index (κ2) is 8.60. The van der Waals surface area contributed by atoms with E-state index in [4.69, 9.17) is 12.2 Å². The molecular weight excluding hydrogens is 404 g/mol. The predicted octanol–water partition coefficient (Wildman–Crippen LogP) is 2.97. The summed E-state index contributed by atoms with van der Waals surface area (Å²) in [6.45, 7) is 4.84. The molecule has 29 heavy (non-hydrogen) atoms. The average molecular weight is 435 g/mol. The minimum atomic E-state index is -0.0518. The molecule has 1 aromatic heterocycles. The van der Waals surface area contributed by atoms with Gasteiger partial charge in [0.25, 0.3) is 5.91 Å². The van der Waals surface area contributed by atoms with Gasteiger partial charge in [-0.3, -0.25) is 9.59 Å². The Hall–Kier alpha value is -1.67. The zero-order valence-corrected chi connectivity index (χ0v) is 18.7. The molecule has 1 atom stereocenters. The van der Waals surface area contributed by atoms with Crippen LogP contribution in [0.25, 0.3) is 0 Å². The van der Waals surface area contributed by atoms with E-state index >= 15 is 0 Å². The van der Waals surface area contributed by atoms with Crippen molar-refractivity contribution in [2.75, 3.05) is 11.9 Å². The predicted molar refractivity (Wildman–Crippen MR) is 121 cm³/mol. The van der Waals surface area contributed by atoms with Crippen LogP contribution in [0, 0.1) is 11.8 Å². The average Bonchev–Trinajstić information content (AvgIpc) is 3.55. The van der Waals surface area contributed by atoms with Gasteiger partial charge < -0.3 is 21.3 Å². The number of thiophene rings is 1. The molecule has 0 aliphatic heterocycles. The molecule has 6 nitrogen and oxygen atoms in total. The minimum Gasteiger partial charge on any atom is -0.361 e. The van der Waals surface area contributed by atoms with Crippen LogP contribution < -0.4 is 21.3 Å². The Bertz CT molecular complexity index is 812. The van der Waals surface area contributed by atoms with Crippen molar-refractivity contribution < 1.29 is 9.59 Å². The van der Waals surface area contributed by atoms with E-state index in [9.17, 15) is 9.59 Å². The lowest BCUT2D eigenvalue weighted by Gasteiger charge is -2.26. The molecule has 8 heteroatoms. The quantitative estimate of drug-likeness (QED) is 0.496. The molecule has 1 heterocycles. The fourth-order valence-electron chi connectivity index (χ4n) is 3.73. The van der Waals surface area contributed by atoms with Gasteiger partial charge in [-0.25, -0.2) is 0 Å². The maximum absolute atomic E-state index is 13.1. The fraction of sp³-hybridized carbons (Fsp3) is 0.667. The van der Waals surface area contributed by atoms with Crippen molar-refractivity contribution in [3.05, 3.63) is 16.0 Å². The number of fused-ring (bicyclic) bond motifs is 1. The molecule has 3 aliphatic carbocycles. The second-order valence-corrected chi connectivity index (χ2v) is 10.4. The fourth-order valence-corrected chi connectivity index (χ4v) is 5.38. The lowest BCUT2D eigenvalue weighted by atomic mass is 9.91. The summed E-state index contributed by atoms with van der Waals surface area (Å²) in [5, 5.41) is 14.2. The number of amides is 2. The third kappa shape index (κ3) is 5.28. The zero-order valence-electron chi connectivity index (χ0n) is 17.1. The Morgan fingerprint density at radius 3 is 2.59 bits per heavy atom. The van der Waals surface area contributed by atoms with Crippen molar-refractivity contribution in [2.45, 2.75) is 70.9 Å². The van der Waals surface area contributed by atoms with E-state index in [0.717, 1.165) is 49.2 Å².